The molecule has 27 heavy (non-hydrogen) atoms. The van der Waals surface area contributed by atoms with Crippen molar-refractivity contribution in [2.24, 2.45) is 4.99 Å². The van der Waals surface area contributed by atoms with Gasteiger partial charge in [-0.3, -0.25) is 4.99 Å². The molecule has 2 aromatic carbocycles. The summed E-state index contributed by atoms with van der Waals surface area (Å²) in [6.45, 7) is 1.26. The van der Waals surface area contributed by atoms with Crippen LogP contribution in [0.5, 0.6) is 5.75 Å². The highest BCUT2D eigenvalue weighted by Gasteiger charge is 2.15. The number of hydrogen-bond donors (Lipinski definition) is 2. The highest BCUT2D eigenvalue weighted by Crippen LogP contribution is 2.18. The van der Waals surface area contributed by atoms with Crippen molar-refractivity contribution in [2.45, 2.75) is 12.6 Å². The molecule has 1 atom stereocenters. The molecule has 0 amide bonds. The van der Waals surface area contributed by atoms with Crippen LogP contribution >= 0.6 is 24.0 Å². The Morgan fingerprint density at radius 2 is 1.85 bits per heavy atom. The van der Waals surface area contributed by atoms with Gasteiger partial charge in [0.2, 0.25) is 0 Å². The Kier molecular flexibility index (Phi) is 10.1. The summed E-state index contributed by atoms with van der Waals surface area (Å²) in [4.78, 5) is 6.31. The van der Waals surface area contributed by atoms with Crippen molar-refractivity contribution < 1.29 is 9.13 Å². The summed E-state index contributed by atoms with van der Waals surface area (Å²) in [5, 5.41) is 6.60. The second-order valence-electron chi connectivity index (χ2n) is 6.19. The minimum absolute atomic E-state index is 0. The molecule has 0 aromatic heterocycles. The minimum atomic E-state index is -0.226. The number of nitrogens with one attached hydrogen (secondary N) is 2. The molecule has 0 aliphatic rings. The van der Waals surface area contributed by atoms with Crippen molar-refractivity contribution >= 4 is 29.9 Å². The molecule has 148 valence electrons. The molecule has 0 heterocycles. The summed E-state index contributed by atoms with van der Waals surface area (Å²) in [6.07, 6.45) is 0. The molecule has 0 spiro atoms. The smallest absolute Gasteiger partial charge is 0.191 e. The van der Waals surface area contributed by atoms with Crippen LogP contribution in [0.15, 0.2) is 53.5 Å². The summed E-state index contributed by atoms with van der Waals surface area (Å²) in [6, 6.07) is 14.6. The average Bonchev–Trinajstić information content (AvgIpc) is 2.64. The first kappa shape index (κ1) is 23.2. The Morgan fingerprint density at radius 1 is 1.15 bits per heavy atom. The second kappa shape index (κ2) is 11.8. The molecule has 0 aliphatic heterocycles. The monoisotopic (exact) mass is 486 g/mol. The second-order valence-corrected chi connectivity index (χ2v) is 6.19. The lowest BCUT2D eigenvalue weighted by Crippen LogP contribution is -2.41. The number of ether oxygens (including phenoxy) is 1. The highest BCUT2D eigenvalue weighted by molar-refractivity contribution is 14.0. The molecular formula is C20H28FIN4O. The van der Waals surface area contributed by atoms with E-state index in [0.717, 1.165) is 16.9 Å². The normalized spacial score (nSPS) is 12.3. The Morgan fingerprint density at radius 3 is 2.41 bits per heavy atom. The Balaban J connectivity index is 0.00000364. The van der Waals surface area contributed by atoms with Gasteiger partial charge in [0.15, 0.2) is 5.96 Å². The number of halogens is 2. The molecule has 0 saturated heterocycles. The molecule has 2 rings (SSSR count). The van der Waals surface area contributed by atoms with Crippen LogP contribution in [0.2, 0.25) is 0 Å². The van der Waals surface area contributed by atoms with Gasteiger partial charge >= 0.3 is 0 Å². The predicted octanol–water partition coefficient (Wildman–Crippen LogP) is 3.42. The molecule has 5 nitrogen and oxygen atoms in total. The molecule has 0 fully saturated rings. The van der Waals surface area contributed by atoms with Crippen LogP contribution < -0.4 is 15.4 Å². The van der Waals surface area contributed by atoms with Gasteiger partial charge in [-0.25, -0.2) is 4.39 Å². The maximum Gasteiger partial charge on any atom is 0.191 e. The largest absolute Gasteiger partial charge is 0.497 e. The van der Waals surface area contributed by atoms with Crippen LogP contribution in [0.25, 0.3) is 0 Å². The van der Waals surface area contributed by atoms with E-state index in [4.69, 9.17) is 4.74 Å². The highest BCUT2D eigenvalue weighted by atomic mass is 127. The number of methoxy groups -OCH3 is 1. The Labute approximate surface area is 178 Å². The van der Waals surface area contributed by atoms with Crippen molar-refractivity contribution in [1.82, 2.24) is 15.5 Å². The minimum Gasteiger partial charge on any atom is -0.497 e. The maximum atomic E-state index is 13.5. The van der Waals surface area contributed by atoms with Crippen molar-refractivity contribution in [2.75, 3.05) is 34.8 Å². The molecule has 0 bridgehead atoms. The Hall–Kier alpha value is -1.87. The van der Waals surface area contributed by atoms with Gasteiger partial charge in [0.05, 0.1) is 13.2 Å². The van der Waals surface area contributed by atoms with Gasteiger partial charge in [-0.1, -0.05) is 24.3 Å². The SMILES string of the molecule is CN=C(NCc1ccc(OC)cc1)NCC(c1cccc(F)c1)N(C)C.I. The molecular weight excluding hydrogens is 458 g/mol. The van der Waals surface area contributed by atoms with Gasteiger partial charge < -0.3 is 20.3 Å². The van der Waals surface area contributed by atoms with Crippen molar-refractivity contribution in [1.29, 1.82) is 0 Å². The number of aliphatic imine (C=N–C) groups is 1. The number of likely N-dealkylation sites (N-methyl/N-ethyl adjacent to an activating group) is 1. The van der Waals surface area contributed by atoms with E-state index < -0.39 is 0 Å². The first-order chi connectivity index (χ1) is 12.5. The number of hydrogen-bond acceptors (Lipinski definition) is 3. The number of benzene rings is 2. The lowest BCUT2D eigenvalue weighted by atomic mass is 10.1. The third-order valence-electron chi connectivity index (χ3n) is 4.16. The summed E-state index contributed by atoms with van der Waals surface area (Å²) < 4.78 is 18.7. The fourth-order valence-corrected chi connectivity index (χ4v) is 2.66. The van der Waals surface area contributed by atoms with E-state index in [1.54, 1.807) is 26.3 Å². The Bertz CT molecular complexity index is 722. The van der Waals surface area contributed by atoms with Crippen LogP contribution in [0.4, 0.5) is 4.39 Å². The topological polar surface area (TPSA) is 48.9 Å². The fourth-order valence-electron chi connectivity index (χ4n) is 2.66. The fraction of sp³-hybridized carbons (Fsp3) is 0.350. The average molecular weight is 486 g/mol. The van der Waals surface area contributed by atoms with E-state index in [2.05, 4.69) is 20.5 Å². The molecule has 2 N–H and O–H groups in total. The first-order valence-corrected chi connectivity index (χ1v) is 8.53. The van der Waals surface area contributed by atoms with Gasteiger partial charge in [0.1, 0.15) is 11.6 Å². The van der Waals surface area contributed by atoms with Crippen molar-refractivity contribution in [3.8, 4) is 5.75 Å². The standard InChI is InChI=1S/C20H27FN4O.HI/c1-22-20(23-13-15-8-10-18(26-4)11-9-15)24-14-19(25(2)3)16-6-5-7-17(21)12-16;/h5-12,19H,13-14H2,1-4H3,(H2,22,23,24);1H. The quantitative estimate of drug-likeness (QED) is 0.358. The van der Waals surface area contributed by atoms with E-state index in [-0.39, 0.29) is 35.8 Å². The molecule has 0 saturated carbocycles. The maximum absolute atomic E-state index is 13.5. The number of guanidine groups is 1. The zero-order chi connectivity index (χ0) is 18.9. The van der Waals surface area contributed by atoms with E-state index in [9.17, 15) is 4.39 Å². The van der Waals surface area contributed by atoms with Crippen LogP contribution in [-0.4, -0.2) is 45.7 Å². The van der Waals surface area contributed by atoms with Gasteiger partial charge in [-0.05, 0) is 49.5 Å². The van der Waals surface area contributed by atoms with Crippen LogP contribution in [0.1, 0.15) is 17.2 Å². The number of rotatable bonds is 7. The summed E-state index contributed by atoms with van der Waals surface area (Å²) in [5.41, 5.74) is 2.05. The lowest BCUT2D eigenvalue weighted by Gasteiger charge is -2.26. The van der Waals surface area contributed by atoms with E-state index in [0.29, 0.717) is 19.0 Å². The summed E-state index contributed by atoms with van der Waals surface area (Å²) >= 11 is 0. The van der Waals surface area contributed by atoms with Crippen molar-refractivity contribution in [3.63, 3.8) is 0 Å². The predicted molar refractivity (Wildman–Crippen MR) is 119 cm³/mol. The van der Waals surface area contributed by atoms with E-state index in [1.807, 2.05) is 44.4 Å². The summed E-state index contributed by atoms with van der Waals surface area (Å²) in [5.74, 6) is 1.31. The third-order valence-corrected chi connectivity index (χ3v) is 4.16. The molecule has 7 heteroatoms. The van der Waals surface area contributed by atoms with Gasteiger partial charge in [0.25, 0.3) is 0 Å². The molecule has 2 aromatic rings. The molecule has 0 radical (unpaired) electrons. The molecule has 0 aliphatic carbocycles. The van der Waals surface area contributed by atoms with Gasteiger partial charge in [-0.15, -0.1) is 24.0 Å². The van der Waals surface area contributed by atoms with Gasteiger partial charge in [0, 0.05) is 20.1 Å². The first-order valence-electron chi connectivity index (χ1n) is 8.53. The third kappa shape index (κ3) is 7.34. The molecule has 1 unspecified atom stereocenters. The van der Waals surface area contributed by atoms with E-state index in [1.165, 1.54) is 6.07 Å². The van der Waals surface area contributed by atoms with Crippen LogP contribution in [0.3, 0.4) is 0 Å². The van der Waals surface area contributed by atoms with Crippen LogP contribution in [0, 0.1) is 5.82 Å². The summed E-state index contributed by atoms with van der Waals surface area (Å²) in [7, 11) is 7.34. The van der Waals surface area contributed by atoms with Crippen LogP contribution in [-0.2, 0) is 6.54 Å². The zero-order valence-electron chi connectivity index (χ0n) is 16.2. The lowest BCUT2D eigenvalue weighted by molar-refractivity contribution is 0.297. The van der Waals surface area contributed by atoms with E-state index >= 15 is 0 Å². The van der Waals surface area contributed by atoms with Gasteiger partial charge in [-0.2, -0.15) is 0 Å². The van der Waals surface area contributed by atoms with Crippen molar-refractivity contribution in [3.05, 3.63) is 65.5 Å². The number of nitrogens with zero attached hydrogens (tertiary/aromatic N) is 2. The zero-order valence-corrected chi connectivity index (χ0v) is 18.5.